The molecule has 1 aliphatic heterocycles. The summed E-state index contributed by atoms with van der Waals surface area (Å²) in [6.45, 7) is 0. The summed E-state index contributed by atoms with van der Waals surface area (Å²) >= 11 is 1.01. The van der Waals surface area contributed by atoms with Gasteiger partial charge in [-0.3, -0.25) is 0 Å². The van der Waals surface area contributed by atoms with Crippen LogP contribution in [-0.4, -0.2) is 26.7 Å². The van der Waals surface area contributed by atoms with E-state index in [2.05, 4.69) is 9.78 Å². The molecule has 1 unspecified atom stereocenters. The molecule has 0 aromatic carbocycles. The molecule has 1 fully saturated rings. The Bertz CT molecular complexity index is 52.9. The molecule has 0 aromatic rings. The molecule has 0 spiro atoms. The normalized spacial score (nSPS) is 25.0. The van der Waals surface area contributed by atoms with Crippen LogP contribution < -0.4 is 18.9 Å². The summed E-state index contributed by atoms with van der Waals surface area (Å²) in [6, 6.07) is 0. The van der Waals surface area contributed by atoms with Crippen molar-refractivity contribution in [2.45, 2.75) is 4.76 Å². The predicted octanol–water partition coefficient (Wildman–Crippen LogP) is -4.70. The second-order valence-corrected chi connectivity index (χ2v) is 2.33. The Morgan fingerprint density at radius 1 is 1.67 bits per heavy atom. The fourth-order valence-electron chi connectivity index (χ4n) is 0.0427. The van der Waals surface area contributed by atoms with Crippen LogP contribution >= 0.6 is 0 Å². The summed E-state index contributed by atoms with van der Waals surface area (Å²) in [7, 11) is 0. The van der Waals surface area contributed by atoms with Gasteiger partial charge in [0, 0.05) is 0 Å². The summed E-state index contributed by atoms with van der Waals surface area (Å²) in [5.74, 6) is 0. The average Bonchev–Trinajstić information content (AvgIpc) is 1.76. The van der Waals surface area contributed by atoms with Gasteiger partial charge in [-0.15, -0.1) is 0 Å². The molecule has 1 heterocycles. The Hall–Kier alpha value is 1.04. The maximum atomic E-state index is 8.22. The van der Waals surface area contributed by atoms with E-state index >= 15 is 0 Å². The van der Waals surface area contributed by atoms with Gasteiger partial charge >= 0.3 is 55.4 Å². The molecular formula is CH4AsLiO3. The number of aliphatic hydroxyl groups is 1. The largest absolute Gasteiger partial charge is 1.00 e. The summed E-state index contributed by atoms with van der Waals surface area (Å²) < 4.78 is -1.19. The first-order valence-electron chi connectivity index (χ1n) is 1.09. The summed E-state index contributed by atoms with van der Waals surface area (Å²) in [4.78, 5) is 7.96. The SMILES string of the molecule is OC1([AsH2])OO1.[H-].[Li+]. The minimum atomic E-state index is -1.19. The Morgan fingerprint density at radius 3 is 1.83 bits per heavy atom. The van der Waals surface area contributed by atoms with Gasteiger partial charge in [0.15, 0.2) is 0 Å². The Labute approximate surface area is 57.1 Å². The van der Waals surface area contributed by atoms with E-state index in [-0.39, 0.29) is 20.3 Å². The van der Waals surface area contributed by atoms with Gasteiger partial charge < -0.3 is 1.43 Å². The summed E-state index contributed by atoms with van der Waals surface area (Å²) in [5, 5.41) is 8.22. The van der Waals surface area contributed by atoms with Crippen molar-refractivity contribution in [3.63, 3.8) is 0 Å². The van der Waals surface area contributed by atoms with Crippen molar-refractivity contribution in [1.29, 1.82) is 0 Å². The minimum absolute atomic E-state index is 0. The van der Waals surface area contributed by atoms with Gasteiger partial charge in [-0.05, 0) is 0 Å². The van der Waals surface area contributed by atoms with E-state index in [0.29, 0.717) is 0 Å². The first-order chi connectivity index (χ1) is 2.21. The zero-order valence-electron chi connectivity index (χ0n) is 4.34. The van der Waals surface area contributed by atoms with Gasteiger partial charge in [-0.25, -0.2) is 0 Å². The molecule has 1 atom stereocenters. The first-order valence-corrected chi connectivity index (χ1v) is 2.30. The van der Waals surface area contributed by atoms with Crippen molar-refractivity contribution in [1.82, 2.24) is 0 Å². The van der Waals surface area contributed by atoms with Crippen LogP contribution in [0.4, 0.5) is 0 Å². The maximum Gasteiger partial charge on any atom is 1.00 e. The molecule has 0 aromatic heterocycles. The quantitative estimate of drug-likeness (QED) is 0.212. The molecule has 0 saturated carbocycles. The Morgan fingerprint density at radius 2 is 1.83 bits per heavy atom. The van der Waals surface area contributed by atoms with Crippen LogP contribution in [0.3, 0.4) is 0 Å². The first kappa shape index (κ1) is 7.04. The summed E-state index contributed by atoms with van der Waals surface area (Å²) in [6.07, 6.45) is 0. The van der Waals surface area contributed by atoms with Crippen LogP contribution in [0.5, 0.6) is 0 Å². The van der Waals surface area contributed by atoms with Crippen LogP contribution in [0, 0.1) is 0 Å². The third-order valence-electron chi connectivity index (χ3n) is 0.254. The van der Waals surface area contributed by atoms with Gasteiger partial charge in [0.1, 0.15) is 0 Å². The van der Waals surface area contributed by atoms with Crippen LogP contribution in [0.2, 0.25) is 0 Å². The van der Waals surface area contributed by atoms with E-state index in [0.717, 1.165) is 16.9 Å². The van der Waals surface area contributed by atoms with Crippen molar-refractivity contribution in [2.24, 2.45) is 0 Å². The third kappa shape index (κ3) is 2.25. The van der Waals surface area contributed by atoms with E-state index in [1.165, 1.54) is 0 Å². The van der Waals surface area contributed by atoms with E-state index in [4.69, 9.17) is 5.11 Å². The second-order valence-electron chi connectivity index (χ2n) is 0.797. The summed E-state index contributed by atoms with van der Waals surface area (Å²) in [5.41, 5.74) is 0. The molecule has 1 N–H and O–H groups in total. The van der Waals surface area contributed by atoms with Gasteiger partial charge in [-0.1, -0.05) is 0 Å². The maximum absolute atomic E-state index is 8.22. The molecule has 0 radical (unpaired) electrons. The van der Waals surface area contributed by atoms with E-state index < -0.39 is 4.76 Å². The van der Waals surface area contributed by atoms with Crippen LogP contribution in [-0.2, 0) is 9.78 Å². The number of hydrogen-bond acceptors (Lipinski definition) is 3. The van der Waals surface area contributed by atoms with Crippen LogP contribution in [0.15, 0.2) is 0 Å². The Kier molecular flexibility index (Phi) is 2.20. The molecule has 1 saturated heterocycles. The van der Waals surface area contributed by atoms with Gasteiger partial charge in [0.25, 0.3) is 0 Å². The molecule has 0 bridgehead atoms. The molecule has 32 valence electrons. The fraction of sp³-hybridized carbons (Fsp3) is 1.00. The fourth-order valence-corrected chi connectivity index (χ4v) is 0.144. The standard InChI is InChI=1S/CH3AsO3.Li.H/c2-1(3)4-5-1;;/h3H,2H2;;/q;+1;-1. The van der Waals surface area contributed by atoms with Crippen molar-refractivity contribution in [3.8, 4) is 0 Å². The molecule has 5 heteroatoms. The topological polar surface area (TPSA) is 45.3 Å². The molecule has 6 heavy (non-hydrogen) atoms. The van der Waals surface area contributed by atoms with Crippen molar-refractivity contribution in [2.75, 3.05) is 0 Å². The molecule has 0 aliphatic carbocycles. The predicted molar refractivity (Wildman–Crippen MR) is 16.8 cm³/mol. The van der Waals surface area contributed by atoms with Gasteiger partial charge in [0.2, 0.25) is 0 Å². The van der Waals surface area contributed by atoms with E-state index in [1.807, 2.05) is 0 Å². The molecule has 0 amide bonds. The monoisotopic (exact) mass is 146 g/mol. The number of rotatable bonds is 0. The molecular weight excluding hydrogens is 142 g/mol. The zero-order chi connectivity index (χ0) is 3.91. The van der Waals surface area contributed by atoms with E-state index in [1.54, 1.807) is 0 Å². The molecule has 3 nitrogen and oxygen atoms in total. The van der Waals surface area contributed by atoms with E-state index in [9.17, 15) is 0 Å². The minimum Gasteiger partial charge on any atom is -1.00 e. The van der Waals surface area contributed by atoms with Crippen molar-refractivity contribution in [3.05, 3.63) is 0 Å². The zero-order valence-corrected chi connectivity index (χ0v) is 5.76. The Balaban J connectivity index is 0. The second kappa shape index (κ2) is 1.87. The van der Waals surface area contributed by atoms with Gasteiger partial charge in [-0.2, -0.15) is 0 Å². The third-order valence-corrected chi connectivity index (χ3v) is 0.658. The van der Waals surface area contributed by atoms with Crippen molar-refractivity contribution < 1.29 is 35.2 Å². The van der Waals surface area contributed by atoms with Crippen LogP contribution in [0.25, 0.3) is 0 Å². The van der Waals surface area contributed by atoms with Crippen LogP contribution in [0.1, 0.15) is 1.43 Å². The average molecular weight is 146 g/mol. The smallest absolute Gasteiger partial charge is 1.00 e. The number of hydrogen-bond donors (Lipinski definition) is 1. The van der Waals surface area contributed by atoms with Gasteiger partial charge in [0.05, 0.1) is 0 Å². The molecule has 1 rings (SSSR count). The molecule has 1 aliphatic rings. The van der Waals surface area contributed by atoms with Crippen molar-refractivity contribution >= 4 is 16.9 Å².